The predicted octanol–water partition coefficient (Wildman–Crippen LogP) is 4.35. The van der Waals surface area contributed by atoms with Gasteiger partial charge in [0.1, 0.15) is 11.6 Å². The molecule has 4 rings (SSSR count). The summed E-state index contributed by atoms with van der Waals surface area (Å²) in [4.78, 5) is 21.5. The fourth-order valence-corrected chi connectivity index (χ4v) is 4.50. The minimum atomic E-state index is -0.0876. The number of carbonyl (C=O) groups excluding carboxylic acids is 1. The molecule has 2 atom stereocenters. The average molecular weight is 464 g/mol. The number of anilines is 2. The van der Waals surface area contributed by atoms with Crippen LogP contribution in [0.25, 0.3) is 11.3 Å². The zero-order chi connectivity index (χ0) is 21.8. The Kier molecular flexibility index (Phi) is 7.27. The molecular weight excluding hydrogens is 437 g/mol. The maximum Gasteiger partial charge on any atom is 0.228 e. The quantitative estimate of drug-likeness (QED) is 0.588. The van der Waals surface area contributed by atoms with Crippen LogP contribution in [-0.4, -0.2) is 41.7 Å². The van der Waals surface area contributed by atoms with Crippen LogP contribution in [0, 0.1) is 11.8 Å². The number of nitrogens with two attached hydrogens (primary N) is 1. The third kappa shape index (κ3) is 5.66. The lowest BCUT2D eigenvalue weighted by Crippen LogP contribution is -2.23. The van der Waals surface area contributed by atoms with E-state index in [2.05, 4.69) is 20.6 Å². The maximum atomic E-state index is 12.5. The monoisotopic (exact) mass is 463 g/mol. The molecule has 31 heavy (non-hydrogen) atoms. The van der Waals surface area contributed by atoms with Crippen LogP contribution < -0.4 is 16.4 Å². The second-order valence-electron chi connectivity index (χ2n) is 8.27. The Morgan fingerprint density at radius 2 is 1.94 bits per heavy atom. The van der Waals surface area contributed by atoms with Crippen LogP contribution in [0.3, 0.4) is 0 Å². The van der Waals surface area contributed by atoms with Gasteiger partial charge in [-0.05, 0) is 56.2 Å². The third-order valence-corrected chi connectivity index (χ3v) is 6.57. The fraction of sp³-hybridized carbons (Fsp3) is 0.500. The number of ether oxygens (including phenoxy) is 1. The van der Waals surface area contributed by atoms with Crippen molar-refractivity contribution in [2.24, 2.45) is 17.6 Å². The molecule has 7 nitrogen and oxygen atoms in total. The molecule has 1 saturated carbocycles. The van der Waals surface area contributed by atoms with Crippen molar-refractivity contribution in [3.63, 3.8) is 0 Å². The van der Waals surface area contributed by atoms with Crippen molar-refractivity contribution >= 4 is 40.7 Å². The van der Waals surface area contributed by atoms with Crippen molar-refractivity contribution in [2.75, 3.05) is 30.4 Å². The minimum Gasteiger partial charge on any atom is -0.381 e. The van der Waals surface area contributed by atoms with Gasteiger partial charge in [-0.3, -0.25) is 4.79 Å². The van der Waals surface area contributed by atoms with Crippen LogP contribution in [0.15, 0.2) is 24.4 Å². The van der Waals surface area contributed by atoms with Crippen LogP contribution in [0.1, 0.15) is 32.1 Å². The van der Waals surface area contributed by atoms with E-state index in [0.29, 0.717) is 39.5 Å². The Labute approximate surface area is 192 Å². The summed E-state index contributed by atoms with van der Waals surface area (Å²) < 4.78 is 5.42. The molecule has 166 valence electrons. The number of carbonyl (C=O) groups is 1. The topological polar surface area (TPSA) is 102 Å². The highest BCUT2D eigenvalue weighted by Crippen LogP contribution is 2.34. The highest BCUT2D eigenvalue weighted by atomic mass is 35.5. The number of rotatable bonds is 6. The molecule has 0 aromatic carbocycles. The van der Waals surface area contributed by atoms with Gasteiger partial charge in [0.15, 0.2) is 0 Å². The second kappa shape index (κ2) is 10.1. The van der Waals surface area contributed by atoms with Crippen molar-refractivity contribution < 1.29 is 9.53 Å². The summed E-state index contributed by atoms with van der Waals surface area (Å²) >= 11 is 12.9. The summed E-state index contributed by atoms with van der Waals surface area (Å²) in [6.07, 6.45) is 5.94. The molecule has 1 aliphatic heterocycles. The number of hydrogen-bond acceptors (Lipinski definition) is 6. The van der Waals surface area contributed by atoms with E-state index >= 15 is 0 Å². The van der Waals surface area contributed by atoms with Gasteiger partial charge in [-0.15, -0.1) is 0 Å². The molecule has 2 aliphatic rings. The number of aromatic nitrogens is 2. The van der Waals surface area contributed by atoms with Gasteiger partial charge in [-0.2, -0.15) is 0 Å². The Morgan fingerprint density at radius 1 is 1.13 bits per heavy atom. The van der Waals surface area contributed by atoms with Gasteiger partial charge in [0.2, 0.25) is 5.91 Å². The third-order valence-electron chi connectivity index (χ3n) is 5.96. The first kappa shape index (κ1) is 22.3. The van der Waals surface area contributed by atoms with E-state index in [1.807, 2.05) is 6.07 Å². The standard InChI is InChI=1S/C22H27Cl2N5O2/c23-17-3-4-19(26-11-13-5-7-31-8-6-13)28-21(17)16-10-20(27-12-18(16)24)29-22(30)14-1-2-15(25)9-14/h3-4,10,12-15H,1-2,5-9,11,25H2,(H,26,28)(H,27,29,30). The molecular formula is C22H27Cl2N5O2. The van der Waals surface area contributed by atoms with E-state index in [1.165, 1.54) is 6.20 Å². The van der Waals surface area contributed by atoms with Crippen molar-refractivity contribution in [1.82, 2.24) is 9.97 Å². The van der Waals surface area contributed by atoms with E-state index in [0.717, 1.165) is 51.3 Å². The summed E-state index contributed by atoms with van der Waals surface area (Å²) in [5, 5.41) is 7.16. The normalized spacial score (nSPS) is 21.8. The molecule has 0 bridgehead atoms. The number of nitrogens with zero attached hydrogens (tertiary/aromatic N) is 2. The number of amides is 1. The average Bonchev–Trinajstić information content (AvgIpc) is 3.22. The number of nitrogens with one attached hydrogen (secondary N) is 2. The summed E-state index contributed by atoms with van der Waals surface area (Å²) in [6.45, 7) is 2.44. The van der Waals surface area contributed by atoms with E-state index in [-0.39, 0.29) is 17.9 Å². The van der Waals surface area contributed by atoms with Crippen molar-refractivity contribution in [3.8, 4) is 11.3 Å². The zero-order valence-electron chi connectivity index (χ0n) is 17.2. The Morgan fingerprint density at radius 3 is 2.68 bits per heavy atom. The van der Waals surface area contributed by atoms with Gasteiger partial charge in [0.05, 0.1) is 15.7 Å². The molecule has 3 heterocycles. The molecule has 2 aromatic rings. The molecule has 9 heteroatoms. The molecule has 2 fully saturated rings. The molecule has 0 radical (unpaired) electrons. The molecule has 1 amide bonds. The summed E-state index contributed by atoms with van der Waals surface area (Å²) in [7, 11) is 0. The lowest BCUT2D eigenvalue weighted by Gasteiger charge is -2.22. The highest BCUT2D eigenvalue weighted by molar-refractivity contribution is 6.36. The first-order valence-electron chi connectivity index (χ1n) is 10.7. The van der Waals surface area contributed by atoms with Crippen LogP contribution in [-0.2, 0) is 9.53 Å². The summed E-state index contributed by atoms with van der Waals surface area (Å²) in [6, 6.07) is 5.45. The van der Waals surface area contributed by atoms with Crippen molar-refractivity contribution in [3.05, 3.63) is 34.4 Å². The number of halogens is 2. The lowest BCUT2D eigenvalue weighted by atomic mass is 10.0. The highest BCUT2D eigenvalue weighted by Gasteiger charge is 2.28. The van der Waals surface area contributed by atoms with E-state index in [9.17, 15) is 4.79 Å². The largest absolute Gasteiger partial charge is 0.381 e. The van der Waals surface area contributed by atoms with Crippen molar-refractivity contribution in [1.29, 1.82) is 0 Å². The maximum absolute atomic E-state index is 12.5. The predicted molar refractivity (Wildman–Crippen MR) is 123 cm³/mol. The lowest BCUT2D eigenvalue weighted by molar-refractivity contribution is -0.119. The van der Waals surface area contributed by atoms with Gasteiger partial charge in [0.25, 0.3) is 0 Å². The summed E-state index contributed by atoms with van der Waals surface area (Å²) in [5.74, 6) is 1.55. The van der Waals surface area contributed by atoms with Crippen LogP contribution in [0.4, 0.5) is 11.6 Å². The van der Waals surface area contributed by atoms with Crippen LogP contribution in [0.2, 0.25) is 10.0 Å². The smallest absolute Gasteiger partial charge is 0.228 e. The molecule has 4 N–H and O–H groups in total. The number of hydrogen-bond donors (Lipinski definition) is 3. The Bertz CT molecular complexity index is 936. The Balaban J connectivity index is 1.49. The van der Waals surface area contributed by atoms with Gasteiger partial charge < -0.3 is 21.1 Å². The first-order chi connectivity index (χ1) is 15.0. The van der Waals surface area contributed by atoms with E-state index < -0.39 is 0 Å². The van der Waals surface area contributed by atoms with Gasteiger partial charge in [-0.1, -0.05) is 23.2 Å². The SMILES string of the molecule is NC1CCC(C(=O)Nc2cc(-c3nc(NCC4CCOCC4)ccc3Cl)c(Cl)cn2)C1. The van der Waals surface area contributed by atoms with Gasteiger partial charge in [0, 0.05) is 43.5 Å². The Hall–Kier alpha value is -1.93. The fourth-order valence-electron chi connectivity index (χ4n) is 4.10. The van der Waals surface area contributed by atoms with Crippen LogP contribution in [0.5, 0.6) is 0 Å². The molecule has 1 aliphatic carbocycles. The second-order valence-corrected chi connectivity index (χ2v) is 9.09. The summed E-state index contributed by atoms with van der Waals surface area (Å²) in [5.41, 5.74) is 7.10. The van der Waals surface area contributed by atoms with Gasteiger partial charge >= 0.3 is 0 Å². The van der Waals surface area contributed by atoms with E-state index in [4.69, 9.17) is 33.7 Å². The van der Waals surface area contributed by atoms with Crippen molar-refractivity contribution in [2.45, 2.75) is 38.1 Å². The first-order valence-corrected chi connectivity index (χ1v) is 11.5. The van der Waals surface area contributed by atoms with Crippen LogP contribution >= 0.6 is 23.2 Å². The van der Waals surface area contributed by atoms with E-state index in [1.54, 1.807) is 12.1 Å². The minimum absolute atomic E-state index is 0.0698. The van der Waals surface area contributed by atoms with Gasteiger partial charge in [-0.25, -0.2) is 9.97 Å². The molecule has 2 unspecified atom stereocenters. The number of pyridine rings is 2. The molecule has 2 aromatic heterocycles. The molecule has 1 saturated heterocycles. The zero-order valence-corrected chi connectivity index (χ0v) is 18.8. The molecule has 0 spiro atoms.